The first-order valence-electron chi connectivity index (χ1n) is 4.57. The number of aldehydes is 1. The molecule has 0 aliphatic carbocycles. The van der Waals surface area contributed by atoms with Gasteiger partial charge in [-0.05, 0) is 0 Å². The normalized spacial score (nSPS) is 10.9. The van der Waals surface area contributed by atoms with Gasteiger partial charge in [-0.1, -0.05) is 0 Å². The van der Waals surface area contributed by atoms with Gasteiger partial charge in [0, 0.05) is 0 Å². The second-order valence-electron chi connectivity index (χ2n) is 3.15. The van der Waals surface area contributed by atoms with Crippen molar-refractivity contribution >= 4 is 16.3 Å². The summed E-state index contributed by atoms with van der Waals surface area (Å²) in [6, 6.07) is 5.80. The molecule has 0 amide bonds. The molecule has 0 aliphatic rings. The summed E-state index contributed by atoms with van der Waals surface area (Å²) in [5, 5.41) is 0. The van der Waals surface area contributed by atoms with Gasteiger partial charge in [0.2, 0.25) is 0 Å². The molecule has 0 unspecified atom stereocenters. The number of hydrogen-bond acceptors (Lipinski definition) is 1. The number of hydrogen-bond donors (Lipinski definition) is 0. The standard InChI is InChI=1S/C13H12O.W/c1-4-11(5-2)12-6-7-13(9-14)10(3)8-12;/h1,4-9H,2H2,3H3;/b11-4+;. The molecule has 0 fully saturated rings. The molecule has 0 saturated carbocycles. The van der Waals surface area contributed by atoms with Gasteiger partial charge >= 0.3 is 101 Å². The van der Waals surface area contributed by atoms with Crippen LogP contribution in [-0.2, 0) is 19.4 Å². The van der Waals surface area contributed by atoms with Gasteiger partial charge in [0.25, 0.3) is 0 Å². The van der Waals surface area contributed by atoms with Gasteiger partial charge in [0.15, 0.2) is 0 Å². The average Bonchev–Trinajstić information content (AvgIpc) is 2.25. The second-order valence-corrected chi connectivity index (χ2v) is 4.13. The van der Waals surface area contributed by atoms with Crippen molar-refractivity contribution in [3.8, 4) is 0 Å². The van der Waals surface area contributed by atoms with Gasteiger partial charge in [-0.2, -0.15) is 0 Å². The van der Waals surface area contributed by atoms with Crippen molar-refractivity contribution in [2.24, 2.45) is 0 Å². The third kappa shape index (κ3) is 2.94. The van der Waals surface area contributed by atoms with E-state index >= 15 is 0 Å². The van der Waals surface area contributed by atoms with Crippen molar-refractivity contribution in [3.05, 3.63) is 53.6 Å². The first kappa shape index (κ1) is 12.0. The van der Waals surface area contributed by atoms with E-state index in [1.807, 2.05) is 37.3 Å². The molecule has 0 heterocycles. The molecular weight excluding hydrogens is 356 g/mol. The van der Waals surface area contributed by atoms with Crippen molar-refractivity contribution < 1.29 is 24.1 Å². The van der Waals surface area contributed by atoms with E-state index in [1.54, 1.807) is 0 Å². The van der Waals surface area contributed by atoms with Crippen molar-refractivity contribution in [2.75, 3.05) is 0 Å². The zero-order valence-corrected chi connectivity index (χ0v) is 11.5. The predicted octanol–water partition coefficient (Wildman–Crippen LogP) is 2.73. The van der Waals surface area contributed by atoms with Crippen LogP contribution >= 0.6 is 0 Å². The molecule has 1 nitrogen and oxygen atoms in total. The van der Waals surface area contributed by atoms with Crippen LogP contribution in [0.4, 0.5) is 0 Å². The third-order valence-electron chi connectivity index (χ3n) is 2.20. The molecule has 0 saturated heterocycles. The molecule has 0 atom stereocenters. The topological polar surface area (TPSA) is 17.1 Å². The molecule has 1 rings (SSSR count). The van der Waals surface area contributed by atoms with E-state index in [2.05, 4.69) is 11.0 Å². The fourth-order valence-corrected chi connectivity index (χ4v) is 1.87. The van der Waals surface area contributed by atoms with Crippen LogP contribution in [0.5, 0.6) is 0 Å². The quantitative estimate of drug-likeness (QED) is 0.590. The fraction of sp³-hybridized carbons (Fsp3) is 0.0769. The molecule has 1 aromatic carbocycles. The third-order valence-corrected chi connectivity index (χ3v) is 2.69. The fourth-order valence-electron chi connectivity index (χ4n) is 1.34. The molecule has 0 aliphatic heterocycles. The van der Waals surface area contributed by atoms with Crippen LogP contribution < -0.4 is 0 Å². The molecule has 2 heteroatoms. The summed E-state index contributed by atoms with van der Waals surface area (Å²) in [5.41, 5.74) is 3.93. The van der Waals surface area contributed by atoms with Crippen LogP contribution in [0.15, 0.2) is 36.9 Å². The van der Waals surface area contributed by atoms with Crippen LogP contribution in [0, 0.1) is 6.92 Å². The second kappa shape index (κ2) is 5.72. The maximum absolute atomic E-state index is 10.7. The van der Waals surface area contributed by atoms with Crippen LogP contribution in [0.2, 0.25) is 0 Å². The number of aryl methyl sites for hydroxylation is 1. The monoisotopic (exact) mass is 368 g/mol. The Morgan fingerprint density at radius 1 is 1.47 bits per heavy atom. The first-order chi connectivity index (χ1) is 7.22. The van der Waals surface area contributed by atoms with Gasteiger partial charge in [0.1, 0.15) is 0 Å². The molecular formula is C13H12OW. The van der Waals surface area contributed by atoms with Crippen LogP contribution in [0.25, 0.3) is 5.57 Å². The summed E-state index contributed by atoms with van der Waals surface area (Å²) in [5.74, 6) is 0. The van der Waals surface area contributed by atoms with Gasteiger partial charge in [-0.25, -0.2) is 0 Å². The number of allylic oxidation sites excluding steroid dienone is 3. The number of rotatable bonds is 4. The zero-order chi connectivity index (χ0) is 11.3. The maximum atomic E-state index is 10.7. The zero-order valence-electron chi connectivity index (χ0n) is 8.57. The summed E-state index contributed by atoms with van der Waals surface area (Å²) in [7, 11) is 0. The van der Waals surface area contributed by atoms with E-state index in [9.17, 15) is 4.79 Å². The van der Waals surface area contributed by atoms with E-state index < -0.39 is 0 Å². The van der Waals surface area contributed by atoms with E-state index in [1.165, 1.54) is 19.4 Å². The number of carbonyl (C=O) groups is 1. The Kier molecular flexibility index (Phi) is 4.58. The summed E-state index contributed by atoms with van der Waals surface area (Å²) in [6.45, 7) is 5.72. The summed E-state index contributed by atoms with van der Waals surface area (Å²) in [4.78, 5) is 10.7. The minimum absolute atomic E-state index is 0.744. The number of benzene rings is 1. The van der Waals surface area contributed by atoms with E-state index in [0.717, 1.165) is 28.5 Å². The molecule has 0 spiro atoms. The Morgan fingerprint density at radius 2 is 2.20 bits per heavy atom. The van der Waals surface area contributed by atoms with Crippen LogP contribution in [0.3, 0.4) is 0 Å². The molecule has 76 valence electrons. The minimum atomic E-state index is 0.744. The van der Waals surface area contributed by atoms with Crippen molar-refractivity contribution in [2.45, 2.75) is 6.92 Å². The van der Waals surface area contributed by atoms with Crippen LogP contribution in [-0.4, -0.2) is 10.7 Å². The van der Waals surface area contributed by atoms with Gasteiger partial charge in [-0.15, -0.1) is 0 Å². The average molecular weight is 368 g/mol. The molecule has 1 aromatic rings. The van der Waals surface area contributed by atoms with Crippen molar-refractivity contribution in [1.82, 2.24) is 0 Å². The Morgan fingerprint density at radius 3 is 2.67 bits per heavy atom. The Balaban J connectivity index is 3.21. The summed E-state index contributed by atoms with van der Waals surface area (Å²) < 4.78 is 2.06. The van der Waals surface area contributed by atoms with Crippen molar-refractivity contribution in [1.29, 1.82) is 0 Å². The van der Waals surface area contributed by atoms with Gasteiger partial charge < -0.3 is 0 Å². The van der Waals surface area contributed by atoms with E-state index in [-0.39, 0.29) is 0 Å². The molecule has 15 heavy (non-hydrogen) atoms. The first-order valence-corrected chi connectivity index (χ1v) is 6.26. The van der Waals surface area contributed by atoms with E-state index in [0.29, 0.717) is 0 Å². The molecule has 0 N–H and O–H groups in total. The Hall–Kier alpha value is -1.07. The Bertz CT molecular complexity index is 430. The van der Waals surface area contributed by atoms with Gasteiger partial charge in [-0.3, -0.25) is 0 Å². The molecule has 0 bridgehead atoms. The molecule has 0 aromatic heterocycles. The number of carbonyl (C=O) groups excluding carboxylic acids is 1. The predicted molar refractivity (Wildman–Crippen MR) is 60.8 cm³/mol. The summed E-state index contributed by atoms with van der Waals surface area (Å²) in [6.07, 6.45) is 4.75. The van der Waals surface area contributed by atoms with Crippen LogP contribution in [0.1, 0.15) is 21.5 Å². The van der Waals surface area contributed by atoms with Gasteiger partial charge in [0.05, 0.1) is 0 Å². The SMILES string of the molecule is C=C/C(=C\[CH]=[W])c1ccc(C=O)c(C)c1. The summed E-state index contributed by atoms with van der Waals surface area (Å²) >= 11 is 1.41. The van der Waals surface area contributed by atoms with Crippen molar-refractivity contribution in [3.63, 3.8) is 0 Å². The molecule has 0 radical (unpaired) electrons. The Labute approximate surface area is 101 Å². The van der Waals surface area contributed by atoms with E-state index in [4.69, 9.17) is 0 Å².